The Kier molecular flexibility index (Phi) is 4.73. The van der Waals surface area contributed by atoms with Crippen molar-refractivity contribution in [3.8, 4) is 23.1 Å². The van der Waals surface area contributed by atoms with Crippen LogP contribution in [-0.2, 0) is 0 Å². The highest BCUT2D eigenvalue weighted by atomic mass is 16.5. The third-order valence-corrected chi connectivity index (χ3v) is 5.00. The molecule has 28 heavy (non-hydrogen) atoms. The number of benzene rings is 1. The molecule has 4 rings (SSSR count). The molecule has 0 radical (unpaired) electrons. The summed E-state index contributed by atoms with van der Waals surface area (Å²) in [6, 6.07) is 13.6. The number of rotatable bonds is 5. The van der Waals surface area contributed by atoms with Crippen molar-refractivity contribution in [2.45, 2.75) is 13.0 Å². The van der Waals surface area contributed by atoms with Gasteiger partial charge in [-0.05, 0) is 13.0 Å². The predicted molar refractivity (Wildman–Crippen MR) is 105 cm³/mol. The molecule has 144 valence electrons. The second kappa shape index (κ2) is 7.34. The number of hydrogen-bond donors (Lipinski definition) is 0. The fraction of sp³-hybridized carbons (Fsp3) is 0.286. The van der Waals surface area contributed by atoms with Crippen molar-refractivity contribution in [2.75, 3.05) is 27.3 Å². The van der Waals surface area contributed by atoms with Crippen LogP contribution in [0.2, 0.25) is 0 Å². The molecule has 7 nitrogen and oxygen atoms in total. The molecule has 1 saturated heterocycles. The lowest BCUT2D eigenvalue weighted by Gasteiger charge is -2.41. The Bertz CT molecular complexity index is 994. The van der Waals surface area contributed by atoms with Crippen molar-refractivity contribution in [1.82, 2.24) is 19.4 Å². The van der Waals surface area contributed by atoms with Gasteiger partial charge in [0.25, 0.3) is 5.91 Å². The van der Waals surface area contributed by atoms with Gasteiger partial charge in [-0.2, -0.15) is 4.98 Å². The molecule has 7 heteroatoms. The van der Waals surface area contributed by atoms with Crippen LogP contribution in [0.15, 0.2) is 48.7 Å². The topological polar surface area (TPSA) is 69.5 Å². The minimum atomic E-state index is -0.0951. The van der Waals surface area contributed by atoms with Crippen molar-refractivity contribution < 1.29 is 14.3 Å². The summed E-state index contributed by atoms with van der Waals surface area (Å²) in [4.78, 5) is 23.5. The minimum Gasteiger partial charge on any atom is -0.481 e. The third kappa shape index (κ3) is 3.09. The van der Waals surface area contributed by atoms with Crippen LogP contribution in [0, 0.1) is 6.92 Å². The van der Waals surface area contributed by atoms with E-state index >= 15 is 0 Å². The quantitative estimate of drug-likeness (QED) is 0.683. The van der Waals surface area contributed by atoms with Gasteiger partial charge in [0.05, 0.1) is 20.3 Å². The molecule has 0 bridgehead atoms. The number of ether oxygens (including phenoxy) is 2. The maximum absolute atomic E-state index is 12.9. The zero-order chi connectivity index (χ0) is 19.7. The Morgan fingerprint density at radius 1 is 1.07 bits per heavy atom. The van der Waals surface area contributed by atoms with Crippen LogP contribution >= 0.6 is 0 Å². The van der Waals surface area contributed by atoms with Crippen molar-refractivity contribution in [1.29, 1.82) is 0 Å². The summed E-state index contributed by atoms with van der Waals surface area (Å²) in [5.74, 6) is 1.52. The Labute approximate surface area is 163 Å². The van der Waals surface area contributed by atoms with Crippen molar-refractivity contribution in [3.05, 3.63) is 59.9 Å². The molecule has 1 aliphatic heterocycles. The van der Waals surface area contributed by atoms with Gasteiger partial charge in [-0.3, -0.25) is 4.79 Å². The third-order valence-electron chi connectivity index (χ3n) is 5.00. The van der Waals surface area contributed by atoms with Crippen molar-refractivity contribution in [3.63, 3.8) is 0 Å². The van der Waals surface area contributed by atoms with Crippen LogP contribution in [0.1, 0.15) is 22.1 Å². The fourth-order valence-corrected chi connectivity index (χ4v) is 3.52. The number of methoxy groups -OCH3 is 2. The molecule has 0 spiro atoms. The highest BCUT2D eigenvalue weighted by Gasteiger charge is 2.35. The van der Waals surface area contributed by atoms with E-state index in [1.807, 2.05) is 43.5 Å². The lowest BCUT2D eigenvalue weighted by molar-refractivity contribution is 0.0516. The summed E-state index contributed by atoms with van der Waals surface area (Å²) in [6.07, 6.45) is 1.88. The van der Waals surface area contributed by atoms with Gasteiger partial charge in [0.1, 0.15) is 11.4 Å². The number of carbonyl (C=O) groups is 1. The summed E-state index contributed by atoms with van der Waals surface area (Å²) in [5, 5.41) is 0. The first-order valence-electron chi connectivity index (χ1n) is 9.10. The molecule has 0 unspecified atom stereocenters. The standard InChI is InChI=1S/C21H22N4O3/c1-14-11-22-19(15-7-5-4-6-8-15)25(14)16-12-24(13-16)21(26)17-9-10-18(27-2)23-20(17)28-3/h4-11,16H,12-13H2,1-3H3. The van der Waals surface area contributed by atoms with Gasteiger partial charge in [0.15, 0.2) is 0 Å². The maximum Gasteiger partial charge on any atom is 0.259 e. The minimum absolute atomic E-state index is 0.0951. The number of carbonyl (C=O) groups excluding carboxylic acids is 1. The molecule has 3 heterocycles. The Morgan fingerprint density at radius 3 is 2.50 bits per heavy atom. The molecule has 1 amide bonds. The van der Waals surface area contributed by atoms with E-state index in [1.54, 1.807) is 17.0 Å². The summed E-state index contributed by atoms with van der Waals surface area (Å²) in [7, 11) is 3.03. The van der Waals surface area contributed by atoms with E-state index in [0.717, 1.165) is 17.1 Å². The maximum atomic E-state index is 12.9. The predicted octanol–water partition coefficient (Wildman–Crippen LogP) is 2.97. The zero-order valence-corrected chi connectivity index (χ0v) is 16.1. The van der Waals surface area contributed by atoms with Gasteiger partial charge in [-0.25, -0.2) is 4.98 Å². The number of hydrogen-bond acceptors (Lipinski definition) is 5. The summed E-state index contributed by atoms with van der Waals surface area (Å²) in [6.45, 7) is 3.27. The van der Waals surface area contributed by atoms with Gasteiger partial charge >= 0.3 is 0 Å². The second-order valence-electron chi connectivity index (χ2n) is 6.73. The zero-order valence-electron chi connectivity index (χ0n) is 16.1. The molecular formula is C21H22N4O3. The number of aryl methyl sites for hydroxylation is 1. The van der Waals surface area contributed by atoms with Crippen LogP contribution < -0.4 is 9.47 Å². The largest absolute Gasteiger partial charge is 0.481 e. The molecule has 3 aromatic rings. The average Bonchev–Trinajstić information content (AvgIpc) is 3.08. The van der Waals surface area contributed by atoms with Crippen molar-refractivity contribution in [2.24, 2.45) is 0 Å². The van der Waals surface area contributed by atoms with Gasteiger partial charge in [0.2, 0.25) is 11.8 Å². The number of amides is 1. The van der Waals surface area contributed by atoms with Crippen LogP contribution in [0.25, 0.3) is 11.4 Å². The van der Waals surface area contributed by atoms with Gasteiger partial charge < -0.3 is 18.9 Å². The molecular weight excluding hydrogens is 356 g/mol. The molecule has 0 saturated carbocycles. The first kappa shape index (κ1) is 18.0. The molecule has 0 atom stereocenters. The van der Waals surface area contributed by atoms with E-state index < -0.39 is 0 Å². The summed E-state index contributed by atoms with van der Waals surface area (Å²) >= 11 is 0. The van der Waals surface area contributed by atoms with E-state index in [9.17, 15) is 4.79 Å². The van der Waals surface area contributed by atoms with E-state index in [1.165, 1.54) is 14.2 Å². The van der Waals surface area contributed by atoms with E-state index in [4.69, 9.17) is 9.47 Å². The first-order valence-corrected chi connectivity index (χ1v) is 9.10. The smallest absolute Gasteiger partial charge is 0.259 e. The number of aromatic nitrogens is 3. The second-order valence-corrected chi connectivity index (χ2v) is 6.73. The Balaban J connectivity index is 1.53. The number of pyridine rings is 1. The number of likely N-dealkylation sites (tertiary alicyclic amines) is 1. The van der Waals surface area contributed by atoms with Crippen LogP contribution in [-0.4, -0.2) is 52.7 Å². The van der Waals surface area contributed by atoms with Crippen LogP contribution in [0.4, 0.5) is 0 Å². The summed E-state index contributed by atoms with van der Waals surface area (Å²) < 4.78 is 12.6. The molecule has 0 aliphatic carbocycles. The van der Waals surface area contributed by atoms with E-state index in [0.29, 0.717) is 24.5 Å². The summed E-state index contributed by atoms with van der Waals surface area (Å²) in [5.41, 5.74) is 2.59. The Hall–Kier alpha value is -3.35. The lowest BCUT2D eigenvalue weighted by atomic mass is 10.1. The SMILES string of the molecule is COc1ccc(C(=O)N2CC(n3c(C)cnc3-c3ccccc3)C2)c(OC)n1. The highest BCUT2D eigenvalue weighted by Crippen LogP contribution is 2.31. The van der Waals surface area contributed by atoms with Crippen LogP contribution in [0.5, 0.6) is 11.8 Å². The highest BCUT2D eigenvalue weighted by molar-refractivity contribution is 5.97. The van der Waals surface area contributed by atoms with Gasteiger partial charge in [-0.1, -0.05) is 30.3 Å². The molecule has 0 N–H and O–H groups in total. The number of imidazole rings is 1. The lowest BCUT2D eigenvalue weighted by Crippen LogP contribution is -2.51. The normalized spacial score (nSPS) is 13.9. The van der Waals surface area contributed by atoms with E-state index in [-0.39, 0.29) is 17.8 Å². The van der Waals surface area contributed by atoms with Gasteiger partial charge in [-0.15, -0.1) is 0 Å². The molecule has 2 aromatic heterocycles. The average molecular weight is 378 g/mol. The van der Waals surface area contributed by atoms with Gasteiger partial charge in [0, 0.05) is 36.6 Å². The Morgan fingerprint density at radius 2 is 1.82 bits per heavy atom. The molecule has 1 aliphatic rings. The number of nitrogens with zero attached hydrogens (tertiary/aromatic N) is 4. The fourth-order valence-electron chi connectivity index (χ4n) is 3.52. The first-order chi connectivity index (χ1) is 13.6. The molecule has 1 aromatic carbocycles. The molecule has 1 fully saturated rings. The van der Waals surface area contributed by atoms with E-state index in [2.05, 4.69) is 14.5 Å². The monoisotopic (exact) mass is 378 g/mol. The van der Waals surface area contributed by atoms with Crippen molar-refractivity contribution >= 4 is 5.91 Å². The van der Waals surface area contributed by atoms with Crippen LogP contribution in [0.3, 0.4) is 0 Å².